The summed E-state index contributed by atoms with van der Waals surface area (Å²) in [6.07, 6.45) is 6.61. The summed E-state index contributed by atoms with van der Waals surface area (Å²) in [4.78, 5) is 15.1. The predicted molar refractivity (Wildman–Crippen MR) is 47.1 cm³/mol. The van der Waals surface area contributed by atoms with Crippen LogP contribution in [0.15, 0.2) is 6.20 Å². The number of ether oxygens (including phenoxy) is 1. The van der Waals surface area contributed by atoms with E-state index in [-0.39, 0.29) is 0 Å². The maximum absolute atomic E-state index is 11.2. The van der Waals surface area contributed by atoms with Crippen molar-refractivity contribution in [3.63, 3.8) is 0 Å². The first-order valence-corrected chi connectivity index (χ1v) is 3.74. The van der Waals surface area contributed by atoms with Crippen molar-refractivity contribution in [3.8, 4) is 12.3 Å². The van der Waals surface area contributed by atoms with Gasteiger partial charge in [-0.05, 0) is 6.92 Å². The van der Waals surface area contributed by atoms with Crippen LogP contribution in [0.2, 0.25) is 0 Å². The molecule has 4 nitrogen and oxygen atoms in total. The monoisotopic (exact) mass is 178 g/mol. The molecule has 0 amide bonds. The molecule has 13 heavy (non-hydrogen) atoms. The summed E-state index contributed by atoms with van der Waals surface area (Å²) in [7, 11) is 1.32. The van der Waals surface area contributed by atoms with Crippen LogP contribution in [0.25, 0.3) is 0 Å². The molecule has 0 N–H and O–H groups in total. The molecule has 0 fully saturated rings. The molecule has 0 saturated heterocycles. The van der Waals surface area contributed by atoms with Crippen LogP contribution in [-0.2, 0) is 11.3 Å². The zero-order valence-corrected chi connectivity index (χ0v) is 7.57. The van der Waals surface area contributed by atoms with E-state index in [1.807, 2.05) is 0 Å². The lowest BCUT2D eigenvalue weighted by Crippen LogP contribution is -2.11. The van der Waals surface area contributed by atoms with Gasteiger partial charge in [0.05, 0.1) is 19.9 Å². The molecular weight excluding hydrogens is 168 g/mol. The molecule has 1 rings (SSSR count). The maximum atomic E-state index is 11.2. The van der Waals surface area contributed by atoms with Crippen molar-refractivity contribution in [1.82, 2.24) is 9.55 Å². The lowest BCUT2D eigenvalue weighted by molar-refractivity contribution is 0.0589. The van der Waals surface area contributed by atoms with Gasteiger partial charge in [-0.2, -0.15) is 0 Å². The van der Waals surface area contributed by atoms with E-state index < -0.39 is 5.97 Å². The average Bonchev–Trinajstić information content (AvgIpc) is 2.48. The van der Waals surface area contributed by atoms with Crippen LogP contribution < -0.4 is 0 Å². The summed E-state index contributed by atoms with van der Waals surface area (Å²) >= 11 is 0. The summed E-state index contributed by atoms with van der Waals surface area (Å²) in [5, 5.41) is 0. The Morgan fingerprint density at radius 1 is 1.85 bits per heavy atom. The van der Waals surface area contributed by atoms with Gasteiger partial charge in [0.2, 0.25) is 0 Å². The van der Waals surface area contributed by atoms with Gasteiger partial charge in [0, 0.05) is 0 Å². The second-order valence-corrected chi connectivity index (χ2v) is 2.47. The number of aryl methyl sites for hydroxylation is 1. The number of carbonyl (C=O) groups is 1. The molecule has 0 aliphatic rings. The van der Waals surface area contributed by atoms with Gasteiger partial charge >= 0.3 is 5.97 Å². The summed E-state index contributed by atoms with van der Waals surface area (Å²) in [6.45, 7) is 2.11. The first-order valence-electron chi connectivity index (χ1n) is 3.74. The number of methoxy groups -OCH3 is 1. The van der Waals surface area contributed by atoms with Gasteiger partial charge in [-0.25, -0.2) is 9.78 Å². The van der Waals surface area contributed by atoms with Crippen LogP contribution in [0.1, 0.15) is 16.3 Å². The number of aromatic nitrogens is 2. The highest BCUT2D eigenvalue weighted by molar-refractivity contribution is 5.87. The van der Waals surface area contributed by atoms with Gasteiger partial charge in [0.15, 0.2) is 0 Å². The van der Waals surface area contributed by atoms with Crippen molar-refractivity contribution in [2.45, 2.75) is 13.5 Å². The molecular formula is C9H10N2O2. The Bertz CT molecular complexity index is 360. The third-order valence-electron chi connectivity index (χ3n) is 1.70. The molecule has 0 aliphatic carbocycles. The number of rotatable bonds is 2. The van der Waals surface area contributed by atoms with Gasteiger partial charge in [-0.3, -0.25) is 0 Å². The summed E-state index contributed by atoms with van der Waals surface area (Å²) in [5.41, 5.74) is 0.387. The highest BCUT2D eigenvalue weighted by Gasteiger charge is 2.13. The van der Waals surface area contributed by atoms with E-state index in [1.165, 1.54) is 13.3 Å². The first-order chi connectivity index (χ1) is 6.20. The lowest BCUT2D eigenvalue weighted by Gasteiger charge is -2.03. The normalized spacial score (nSPS) is 9.31. The zero-order valence-electron chi connectivity index (χ0n) is 7.57. The van der Waals surface area contributed by atoms with Crippen molar-refractivity contribution in [2.75, 3.05) is 7.11 Å². The highest BCUT2D eigenvalue weighted by atomic mass is 16.5. The molecule has 0 unspecified atom stereocenters. The first kappa shape index (κ1) is 9.33. The third kappa shape index (κ3) is 1.70. The molecule has 0 atom stereocenters. The van der Waals surface area contributed by atoms with Gasteiger partial charge < -0.3 is 9.30 Å². The molecule has 68 valence electrons. The van der Waals surface area contributed by atoms with Crippen molar-refractivity contribution in [3.05, 3.63) is 17.7 Å². The molecule has 0 radical (unpaired) electrons. The molecule has 1 aromatic rings. The fraction of sp³-hybridized carbons (Fsp3) is 0.333. The Kier molecular flexibility index (Phi) is 2.70. The Hall–Kier alpha value is -1.76. The lowest BCUT2D eigenvalue weighted by atomic mass is 10.4. The summed E-state index contributed by atoms with van der Waals surface area (Å²) in [6, 6.07) is 0. The van der Waals surface area contributed by atoms with Gasteiger partial charge in [0.25, 0.3) is 0 Å². The van der Waals surface area contributed by atoms with Crippen LogP contribution in [-0.4, -0.2) is 22.6 Å². The Balaban J connectivity index is 3.08. The van der Waals surface area contributed by atoms with Crippen LogP contribution in [0.5, 0.6) is 0 Å². The van der Waals surface area contributed by atoms with E-state index >= 15 is 0 Å². The van der Waals surface area contributed by atoms with E-state index in [2.05, 4.69) is 15.6 Å². The van der Waals surface area contributed by atoms with Gasteiger partial charge in [-0.15, -0.1) is 6.42 Å². The summed E-state index contributed by atoms with van der Waals surface area (Å²) < 4.78 is 6.20. The van der Waals surface area contributed by atoms with Crippen LogP contribution in [0.4, 0.5) is 0 Å². The van der Waals surface area contributed by atoms with Crippen LogP contribution >= 0.6 is 0 Å². The van der Waals surface area contributed by atoms with Crippen molar-refractivity contribution < 1.29 is 9.53 Å². The quantitative estimate of drug-likeness (QED) is 0.492. The van der Waals surface area contributed by atoms with Gasteiger partial charge in [0.1, 0.15) is 11.5 Å². The second-order valence-electron chi connectivity index (χ2n) is 2.47. The SMILES string of the molecule is C#CCn1c(C(=O)OC)cnc1C. The molecule has 0 aromatic carbocycles. The minimum absolute atomic E-state index is 0.330. The molecule has 0 saturated carbocycles. The number of nitrogens with zero attached hydrogens (tertiary/aromatic N) is 2. The zero-order chi connectivity index (χ0) is 9.84. The number of carbonyl (C=O) groups excluding carboxylic acids is 1. The molecule has 0 spiro atoms. The average molecular weight is 178 g/mol. The van der Waals surface area contributed by atoms with E-state index in [1.54, 1.807) is 11.5 Å². The Morgan fingerprint density at radius 2 is 2.54 bits per heavy atom. The number of terminal acetylenes is 1. The topological polar surface area (TPSA) is 44.1 Å². The van der Waals surface area contributed by atoms with E-state index in [4.69, 9.17) is 6.42 Å². The van der Waals surface area contributed by atoms with Crippen LogP contribution in [0, 0.1) is 19.3 Å². The molecule has 1 heterocycles. The van der Waals surface area contributed by atoms with E-state index in [0.29, 0.717) is 18.1 Å². The van der Waals surface area contributed by atoms with Crippen LogP contribution in [0.3, 0.4) is 0 Å². The highest BCUT2D eigenvalue weighted by Crippen LogP contribution is 2.05. The standard InChI is InChI=1S/C9H10N2O2/c1-4-5-11-7(2)10-6-8(11)9(12)13-3/h1,6H,5H2,2-3H3. The third-order valence-corrected chi connectivity index (χ3v) is 1.70. The number of imidazole rings is 1. The minimum Gasteiger partial charge on any atom is -0.464 e. The number of hydrogen-bond donors (Lipinski definition) is 0. The van der Waals surface area contributed by atoms with E-state index in [0.717, 1.165) is 0 Å². The molecule has 0 bridgehead atoms. The fourth-order valence-electron chi connectivity index (χ4n) is 1.03. The van der Waals surface area contributed by atoms with Gasteiger partial charge in [-0.1, -0.05) is 5.92 Å². The smallest absolute Gasteiger partial charge is 0.356 e. The summed E-state index contributed by atoms with van der Waals surface area (Å²) in [5.74, 6) is 2.73. The molecule has 4 heteroatoms. The maximum Gasteiger partial charge on any atom is 0.356 e. The molecule has 1 aromatic heterocycles. The Labute approximate surface area is 76.5 Å². The number of esters is 1. The largest absolute Gasteiger partial charge is 0.464 e. The predicted octanol–water partition coefficient (Wildman–Crippen LogP) is 0.611. The van der Waals surface area contributed by atoms with Crippen molar-refractivity contribution in [2.24, 2.45) is 0 Å². The number of hydrogen-bond acceptors (Lipinski definition) is 3. The Morgan fingerprint density at radius 3 is 3.08 bits per heavy atom. The van der Waals surface area contributed by atoms with Crippen molar-refractivity contribution in [1.29, 1.82) is 0 Å². The van der Waals surface area contributed by atoms with E-state index in [9.17, 15) is 4.79 Å². The minimum atomic E-state index is -0.421. The second kappa shape index (κ2) is 3.76. The van der Waals surface area contributed by atoms with Crippen molar-refractivity contribution >= 4 is 5.97 Å². The molecule has 0 aliphatic heterocycles. The fourth-order valence-corrected chi connectivity index (χ4v) is 1.03.